The second kappa shape index (κ2) is 7.96. The van der Waals surface area contributed by atoms with Gasteiger partial charge in [0.25, 0.3) is 5.91 Å². The van der Waals surface area contributed by atoms with Crippen molar-refractivity contribution >= 4 is 11.9 Å². The number of amides is 1. The van der Waals surface area contributed by atoms with Crippen molar-refractivity contribution in [2.75, 3.05) is 18.0 Å². The second-order valence-electron chi connectivity index (χ2n) is 7.43. The minimum atomic E-state index is -4.65. The number of hydrogen-bond acceptors (Lipinski definition) is 5. The number of nitrogens with zero attached hydrogens (tertiary/aromatic N) is 4. The van der Waals surface area contributed by atoms with Crippen molar-refractivity contribution in [3.05, 3.63) is 47.0 Å². The van der Waals surface area contributed by atoms with Crippen LogP contribution in [0.4, 0.5) is 19.1 Å². The molecule has 6 nitrogen and oxygen atoms in total. The highest BCUT2D eigenvalue weighted by molar-refractivity contribution is 5.94. The third-order valence-corrected chi connectivity index (χ3v) is 5.40. The summed E-state index contributed by atoms with van der Waals surface area (Å²) in [6.07, 6.45) is 3.01. The van der Waals surface area contributed by atoms with Crippen LogP contribution in [-0.2, 0) is 12.8 Å². The van der Waals surface area contributed by atoms with Crippen molar-refractivity contribution in [1.29, 1.82) is 0 Å². The predicted molar refractivity (Wildman–Crippen MR) is 101 cm³/mol. The van der Waals surface area contributed by atoms with Crippen molar-refractivity contribution in [2.45, 2.75) is 50.7 Å². The summed E-state index contributed by atoms with van der Waals surface area (Å²) in [5.74, 6) is -0.379. The van der Waals surface area contributed by atoms with Gasteiger partial charge < -0.3 is 10.2 Å². The molecule has 1 atom stereocenters. The van der Waals surface area contributed by atoms with Crippen LogP contribution >= 0.6 is 0 Å². The van der Waals surface area contributed by atoms with E-state index in [9.17, 15) is 18.0 Å². The summed E-state index contributed by atoms with van der Waals surface area (Å²) in [5.41, 5.74) is 1.40. The van der Waals surface area contributed by atoms with Crippen LogP contribution in [0.3, 0.4) is 0 Å². The third-order valence-electron chi connectivity index (χ3n) is 5.40. The number of nitrogens with one attached hydrogen (secondary N) is 1. The van der Waals surface area contributed by atoms with Gasteiger partial charge in [-0.3, -0.25) is 9.78 Å². The molecule has 1 N–H and O–H groups in total. The van der Waals surface area contributed by atoms with Crippen molar-refractivity contribution < 1.29 is 18.0 Å². The summed E-state index contributed by atoms with van der Waals surface area (Å²) in [7, 11) is 0. The summed E-state index contributed by atoms with van der Waals surface area (Å²) >= 11 is 0. The van der Waals surface area contributed by atoms with Crippen LogP contribution in [0.15, 0.2) is 24.5 Å². The fourth-order valence-corrected chi connectivity index (χ4v) is 3.93. The molecule has 0 radical (unpaired) electrons. The predicted octanol–water partition coefficient (Wildman–Crippen LogP) is 3.38. The first-order valence-electron chi connectivity index (χ1n) is 9.86. The van der Waals surface area contributed by atoms with Gasteiger partial charge in [0.1, 0.15) is 5.69 Å². The number of carbonyl (C=O) groups excluding carboxylic acids is 1. The van der Waals surface area contributed by atoms with E-state index < -0.39 is 18.1 Å². The molecule has 29 heavy (non-hydrogen) atoms. The SMILES string of the molecule is O=C(NC(c1cccnc1)C(F)(F)F)c1nc(N2CCCC2)nc2c1CCCC2. The van der Waals surface area contributed by atoms with Crippen LogP contribution < -0.4 is 10.2 Å². The lowest BCUT2D eigenvalue weighted by Gasteiger charge is -2.25. The zero-order valence-corrected chi connectivity index (χ0v) is 15.9. The quantitative estimate of drug-likeness (QED) is 0.845. The molecule has 1 fully saturated rings. The number of carbonyl (C=O) groups is 1. The van der Waals surface area contributed by atoms with E-state index in [0.717, 1.165) is 50.7 Å². The Balaban J connectivity index is 1.69. The Kier molecular flexibility index (Phi) is 5.38. The van der Waals surface area contributed by atoms with Gasteiger partial charge in [0.05, 0.1) is 0 Å². The molecule has 0 aromatic carbocycles. The van der Waals surface area contributed by atoms with E-state index in [-0.39, 0.29) is 11.3 Å². The Morgan fingerprint density at radius 1 is 1.10 bits per heavy atom. The van der Waals surface area contributed by atoms with Crippen molar-refractivity contribution in [1.82, 2.24) is 20.3 Å². The molecule has 2 aliphatic rings. The number of alkyl halides is 3. The fraction of sp³-hybridized carbons (Fsp3) is 0.500. The fourth-order valence-electron chi connectivity index (χ4n) is 3.93. The highest BCUT2D eigenvalue weighted by atomic mass is 19.4. The molecular weight excluding hydrogens is 383 g/mol. The number of aryl methyl sites for hydroxylation is 1. The molecule has 1 aliphatic heterocycles. The third kappa shape index (κ3) is 4.18. The van der Waals surface area contributed by atoms with E-state index in [0.29, 0.717) is 24.4 Å². The second-order valence-corrected chi connectivity index (χ2v) is 7.43. The number of fused-ring (bicyclic) bond motifs is 1. The maximum absolute atomic E-state index is 13.7. The first kappa shape index (κ1) is 19.6. The number of pyridine rings is 1. The molecule has 2 aromatic heterocycles. The van der Waals surface area contributed by atoms with Gasteiger partial charge in [-0.25, -0.2) is 9.97 Å². The first-order valence-corrected chi connectivity index (χ1v) is 9.86. The van der Waals surface area contributed by atoms with E-state index in [2.05, 4.69) is 20.3 Å². The van der Waals surface area contributed by atoms with Crippen LogP contribution in [0.2, 0.25) is 0 Å². The molecule has 9 heteroatoms. The van der Waals surface area contributed by atoms with E-state index in [1.54, 1.807) is 0 Å². The molecule has 0 spiro atoms. The molecule has 2 aromatic rings. The molecule has 154 valence electrons. The summed E-state index contributed by atoms with van der Waals surface area (Å²) < 4.78 is 41.0. The Labute approximate surface area is 166 Å². The number of halogens is 3. The van der Waals surface area contributed by atoms with E-state index in [1.165, 1.54) is 18.3 Å². The van der Waals surface area contributed by atoms with Crippen molar-refractivity contribution in [2.24, 2.45) is 0 Å². The molecule has 4 rings (SSSR count). The van der Waals surface area contributed by atoms with Gasteiger partial charge in [0.15, 0.2) is 6.04 Å². The van der Waals surface area contributed by atoms with Gasteiger partial charge in [-0.05, 0) is 44.6 Å². The van der Waals surface area contributed by atoms with Crippen LogP contribution in [0.1, 0.15) is 59.0 Å². The van der Waals surface area contributed by atoms with Crippen LogP contribution in [-0.4, -0.2) is 40.1 Å². The van der Waals surface area contributed by atoms with Crippen LogP contribution in [0, 0.1) is 0 Å². The Morgan fingerprint density at radius 3 is 2.55 bits per heavy atom. The molecule has 0 saturated carbocycles. The zero-order valence-electron chi connectivity index (χ0n) is 15.9. The lowest BCUT2D eigenvalue weighted by atomic mass is 9.94. The highest BCUT2D eigenvalue weighted by Crippen LogP contribution is 2.33. The maximum Gasteiger partial charge on any atom is 0.412 e. The van der Waals surface area contributed by atoms with E-state index in [1.807, 2.05) is 4.90 Å². The topological polar surface area (TPSA) is 71.0 Å². The average Bonchev–Trinajstić information content (AvgIpc) is 3.26. The molecular formula is C20H22F3N5O. The normalized spacial score (nSPS) is 17.7. The Hall–Kier alpha value is -2.71. The summed E-state index contributed by atoms with van der Waals surface area (Å²) in [4.78, 5) is 27.8. The maximum atomic E-state index is 13.7. The number of aromatic nitrogens is 3. The molecule has 1 aliphatic carbocycles. The van der Waals surface area contributed by atoms with E-state index >= 15 is 0 Å². The van der Waals surface area contributed by atoms with E-state index in [4.69, 9.17) is 0 Å². The van der Waals surface area contributed by atoms with Gasteiger partial charge in [-0.2, -0.15) is 13.2 Å². The first-order chi connectivity index (χ1) is 13.9. The van der Waals surface area contributed by atoms with Crippen LogP contribution in [0.25, 0.3) is 0 Å². The number of anilines is 1. The van der Waals surface area contributed by atoms with Crippen LogP contribution in [0.5, 0.6) is 0 Å². The number of rotatable bonds is 4. The minimum Gasteiger partial charge on any atom is -0.341 e. The van der Waals surface area contributed by atoms with Crippen molar-refractivity contribution in [3.8, 4) is 0 Å². The summed E-state index contributed by atoms with van der Waals surface area (Å²) in [5, 5.41) is 2.14. The summed E-state index contributed by atoms with van der Waals surface area (Å²) in [6.45, 7) is 1.58. The largest absolute Gasteiger partial charge is 0.412 e. The lowest BCUT2D eigenvalue weighted by Crippen LogP contribution is -2.39. The Bertz CT molecular complexity index is 882. The Morgan fingerprint density at radius 2 is 1.86 bits per heavy atom. The summed E-state index contributed by atoms with van der Waals surface area (Å²) in [6, 6.07) is 0.572. The highest BCUT2D eigenvalue weighted by Gasteiger charge is 2.42. The molecule has 1 amide bonds. The zero-order chi connectivity index (χ0) is 20.4. The lowest BCUT2D eigenvalue weighted by molar-refractivity contribution is -0.155. The standard InChI is InChI=1S/C20H22F3N5O/c21-20(22,23)17(13-6-5-9-24-12-13)27-18(29)16-14-7-1-2-8-15(14)25-19(26-16)28-10-3-4-11-28/h5-6,9,12,17H,1-4,7-8,10-11H2,(H,27,29). The average molecular weight is 405 g/mol. The van der Waals surface area contributed by atoms with Gasteiger partial charge in [0.2, 0.25) is 5.95 Å². The molecule has 3 heterocycles. The molecule has 0 bridgehead atoms. The molecule has 1 saturated heterocycles. The van der Waals surface area contributed by atoms with Crippen molar-refractivity contribution in [3.63, 3.8) is 0 Å². The minimum absolute atomic E-state index is 0.0646. The molecule has 1 unspecified atom stereocenters. The smallest absolute Gasteiger partial charge is 0.341 e. The monoisotopic (exact) mass is 405 g/mol. The van der Waals surface area contributed by atoms with Gasteiger partial charge >= 0.3 is 6.18 Å². The van der Waals surface area contributed by atoms with Gasteiger partial charge in [-0.15, -0.1) is 0 Å². The van der Waals surface area contributed by atoms with Gasteiger partial charge in [0, 0.05) is 42.3 Å². The number of hydrogen-bond donors (Lipinski definition) is 1. The van der Waals surface area contributed by atoms with Gasteiger partial charge in [-0.1, -0.05) is 6.07 Å².